The summed E-state index contributed by atoms with van der Waals surface area (Å²) in [6.07, 6.45) is 5.76. The fourth-order valence-corrected chi connectivity index (χ4v) is 3.16. The molecule has 0 aliphatic heterocycles. The molecule has 0 fully saturated rings. The first-order chi connectivity index (χ1) is 11.3. The minimum absolute atomic E-state index is 0.257. The van der Waals surface area contributed by atoms with Gasteiger partial charge >= 0.3 is 0 Å². The van der Waals surface area contributed by atoms with E-state index in [1.54, 1.807) is 0 Å². The molecule has 1 unspecified atom stereocenters. The second-order valence-electron chi connectivity index (χ2n) is 6.69. The molecule has 0 aliphatic rings. The summed E-state index contributed by atoms with van der Waals surface area (Å²) in [5, 5.41) is 0. The molecule has 0 rings (SSSR count). The van der Waals surface area contributed by atoms with Gasteiger partial charge in [0.2, 0.25) is 0 Å². The summed E-state index contributed by atoms with van der Waals surface area (Å²) in [6, 6.07) is 0. The first-order valence-corrected chi connectivity index (χ1v) is 10.8. The molecule has 0 heterocycles. The molecule has 146 valence electrons. The maximum absolute atomic E-state index is 10.7. The molecule has 0 N–H and O–H groups in total. The van der Waals surface area contributed by atoms with Crippen molar-refractivity contribution in [3.8, 4) is 0 Å². The highest BCUT2D eigenvalue weighted by atomic mass is 32.2. The number of rotatable bonds is 17. The zero-order valence-electron chi connectivity index (χ0n) is 15.8. The van der Waals surface area contributed by atoms with Gasteiger partial charge < -0.3 is 18.5 Å². The van der Waals surface area contributed by atoms with Crippen LogP contribution in [0.3, 0.4) is 0 Å². The molecule has 0 bridgehead atoms. The van der Waals surface area contributed by atoms with Crippen LogP contribution in [0, 0.1) is 0 Å². The third-order valence-electron chi connectivity index (χ3n) is 4.14. The number of hydrogen-bond acceptors (Lipinski definition) is 5. The summed E-state index contributed by atoms with van der Waals surface area (Å²) in [7, 11) is -1.90. The molecule has 0 spiro atoms. The predicted octanol–water partition coefficient (Wildman–Crippen LogP) is 2.39. The molecule has 0 aromatic rings. The standard InChI is InChI=1S/C17H37NO5S/c1-4-6-7-10-18(3,11-8-9-17-24(19,20)21)12-14-23-16-15-22-13-5-2/h4-17H2,1-3H3. The third kappa shape index (κ3) is 15.3. The summed E-state index contributed by atoms with van der Waals surface area (Å²) in [6.45, 7) is 9.82. The van der Waals surface area contributed by atoms with E-state index in [0.717, 1.165) is 50.0 Å². The highest BCUT2D eigenvalue weighted by molar-refractivity contribution is 7.85. The fraction of sp³-hybridized carbons (Fsp3) is 1.00. The Bertz CT molecular complexity index is 388. The van der Waals surface area contributed by atoms with E-state index in [0.29, 0.717) is 26.2 Å². The van der Waals surface area contributed by atoms with E-state index in [4.69, 9.17) is 9.47 Å². The summed E-state index contributed by atoms with van der Waals surface area (Å²) < 4.78 is 44.0. The Morgan fingerprint density at radius 1 is 0.792 bits per heavy atom. The molecule has 0 aromatic carbocycles. The zero-order chi connectivity index (χ0) is 18.3. The topological polar surface area (TPSA) is 75.7 Å². The Hall–Kier alpha value is -0.210. The molecule has 0 aromatic heterocycles. The van der Waals surface area contributed by atoms with Crippen molar-refractivity contribution in [1.82, 2.24) is 0 Å². The lowest BCUT2D eigenvalue weighted by molar-refractivity contribution is -0.910. The number of quaternary nitrogens is 1. The number of nitrogens with zero attached hydrogens (tertiary/aromatic N) is 1. The molecule has 0 amide bonds. The molecule has 1 atom stereocenters. The van der Waals surface area contributed by atoms with E-state index in [9.17, 15) is 13.0 Å². The van der Waals surface area contributed by atoms with Gasteiger partial charge in [-0.15, -0.1) is 0 Å². The van der Waals surface area contributed by atoms with E-state index >= 15 is 0 Å². The quantitative estimate of drug-likeness (QED) is 0.224. The van der Waals surface area contributed by atoms with E-state index in [-0.39, 0.29) is 5.75 Å². The SMILES string of the molecule is CCCCC[N+](C)(CCCCS(=O)(=O)[O-])CCOCCOCCC. The fourth-order valence-electron chi connectivity index (χ4n) is 2.60. The van der Waals surface area contributed by atoms with Gasteiger partial charge in [-0.25, -0.2) is 8.42 Å². The van der Waals surface area contributed by atoms with E-state index < -0.39 is 10.1 Å². The van der Waals surface area contributed by atoms with Crippen molar-refractivity contribution in [3.05, 3.63) is 0 Å². The first-order valence-electron chi connectivity index (χ1n) is 9.25. The Morgan fingerprint density at radius 2 is 1.38 bits per heavy atom. The zero-order valence-corrected chi connectivity index (χ0v) is 16.6. The van der Waals surface area contributed by atoms with Crippen LogP contribution < -0.4 is 0 Å². The molecule has 7 heteroatoms. The van der Waals surface area contributed by atoms with Gasteiger partial charge in [0.25, 0.3) is 0 Å². The van der Waals surface area contributed by atoms with Crippen molar-refractivity contribution in [2.24, 2.45) is 0 Å². The van der Waals surface area contributed by atoms with E-state index in [1.807, 2.05) is 0 Å². The maximum atomic E-state index is 10.7. The van der Waals surface area contributed by atoms with Crippen LogP contribution in [0.1, 0.15) is 52.4 Å². The molecular formula is C17H37NO5S. The normalized spacial score (nSPS) is 14.7. The van der Waals surface area contributed by atoms with Crippen LogP contribution in [-0.2, 0) is 19.6 Å². The molecule has 24 heavy (non-hydrogen) atoms. The van der Waals surface area contributed by atoms with Crippen molar-refractivity contribution in [2.45, 2.75) is 52.4 Å². The van der Waals surface area contributed by atoms with Crippen molar-refractivity contribution in [3.63, 3.8) is 0 Å². The van der Waals surface area contributed by atoms with Gasteiger partial charge in [0.1, 0.15) is 6.54 Å². The minimum Gasteiger partial charge on any atom is -0.748 e. The Balaban J connectivity index is 4.08. The largest absolute Gasteiger partial charge is 0.748 e. The maximum Gasteiger partial charge on any atom is 0.102 e. The molecule has 6 nitrogen and oxygen atoms in total. The van der Waals surface area contributed by atoms with Gasteiger partial charge in [-0.3, -0.25) is 0 Å². The van der Waals surface area contributed by atoms with Crippen molar-refractivity contribution in [2.75, 3.05) is 58.9 Å². The average molecular weight is 368 g/mol. The van der Waals surface area contributed by atoms with Gasteiger partial charge in [-0.05, 0) is 32.1 Å². The summed E-state index contributed by atoms with van der Waals surface area (Å²) in [5.74, 6) is -0.257. The van der Waals surface area contributed by atoms with Crippen LogP contribution in [0.4, 0.5) is 0 Å². The molecular weight excluding hydrogens is 330 g/mol. The monoisotopic (exact) mass is 367 g/mol. The lowest BCUT2D eigenvalue weighted by Crippen LogP contribution is -2.48. The highest BCUT2D eigenvalue weighted by Gasteiger charge is 2.20. The van der Waals surface area contributed by atoms with Crippen molar-refractivity contribution in [1.29, 1.82) is 0 Å². The minimum atomic E-state index is -4.09. The molecule has 0 saturated carbocycles. The van der Waals surface area contributed by atoms with Crippen molar-refractivity contribution < 1.29 is 26.9 Å². The molecule has 0 radical (unpaired) electrons. The number of unbranched alkanes of at least 4 members (excludes halogenated alkanes) is 3. The van der Waals surface area contributed by atoms with Crippen LogP contribution in [0.5, 0.6) is 0 Å². The number of ether oxygens (including phenoxy) is 2. The van der Waals surface area contributed by atoms with Gasteiger partial charge in [-0.2, -0.15) is 0 Å². The number of hydrogen-bond donors (Lipinski definition) is 0. The predicted molar refractivity (Wildman–Crippen MR) is 96.0 cm³/mol. The van der Waals surface area contributed by atoms with Crippen LogP contribution in [-0.4, -0.2) is 76.3 Å². The van der Waals surface area contributed by atoms with E-state index in [2.05, 4.69) is 20.9 Å². The Labute approximate surface area is 148 Å². The van der Waals surface area contributed by atoms with Crippen LogP contribution >= 0.6 is 0 Å². The van der Waals surface area contributed by atoms with Gasteiger partial charge in [-0.1, -0.05) is 20.3 Å². The van der Waals surface area contributed by atoms with Crippen LogP contribution in [0.15, 0.2) is 0 Å². The summed E-state index contributed by atoms with van der Waals surface area (Å²) >= 11 is 0. The van der Waals surface area contributed by atoms with Gasteiger partial charge in [0.15, 0.2) is 0 Å². The Morgan fingerprint density at radius 3 is 1.92 bits per heavy atom. The Kier molecular flexibility index (Phi) is 13.9. The average Bonchev–Trinajstić information content (AvgIpc) is 2.50. The highest BCUT2D eigenvalue weighted by Crippen LogP contribution is 2.10. The second-order valence-corrected chi connectivity index (χ2v) is 8.21. The molecule has 0 aliphatic carbocycles. The summed E-state index contributed by atoms with van der Waals surface area (Å²) in [4.78, 5) is 0. The van der Waals surface area contributed by atoms with Crippen LogP contribution in [0.25, 0.3) is 0 Å². The smallest absolute Gasteiger partial charge is 0.102 e. The van der Waals surface area contributed by atoms with Gasteiger partial charge in [0.05, 0.1) is 50.1 Å². The van der Waals surface area contributed by atoms with Gasteiger partial charge in [0, 0.05) is 12.4 Å². The lowest BCUT2D eigenvalue weighted by Gasteiger charge is -2.35. The number of likely N-dealkylation sites (N-methyl/N-ethyl adjacent to an activating group) is 1. The lowest BCUT2D eigenvalue weighted by atomic mass is 10.2. The molecule has 0 saturated heterocycles. The van der Waals surface area contributed by atoms with E-state index in [1.165, 1.54) is 12.8 Å². The third-order valence-corrected chi connectivity index (χ3v) is 4.93. The van der Waals surface area contributed by atoms with Crippen molar-refractivity contribution >= 4 is 10.1 Å². The second kappa shape index (κ2) is 14.0. The summed E-state index contributed by atoms with van der Waals surface area (Å²) in [5.41, 5.74) is 0. The first kappa shape index (κ1) is 23.8. The van der Waals surface area contributed by atoms with Crippen LogP contribution in [0.2, 0.25) is 0 Å².